The molecule has 0 amide bonds. The van der Waals surface area contributed by atoms with E-state index in [-0.39, 0.29) is 11.7 Å². The lowest BCUT2D eigenvalue weighted by Gasteiger charge is -2.10. The summed E-state index contributed by atoms with van der Waals surface area (Å²) in [4.78, 5) is 7.20. The van der Waals surface area contributed by atoms with Gasteiger partial charge in [-0.15, -0.1) is 0 Å². The zero-order valence-electron chi connectivity index (χ0n) is 7.04. The predicted molar refractivity (Wildman–Crippen MR) is 42.8 cm³/mol. The highest BCUT2D eigenvalue weighted by molar-refractivity contribution is 5.94. The molecule has 0 spiro atoms. The summed E-state index contributed by atoms with van der Waals surface area (Å²) in [7, 11) is 0. The number of fused-ring (bicyclic) bond motifs is 1. The Kier molecular flexibility index (Phi) is 1.76. The van der Waals surface area contributed by atoms with Crippen LogP contribution in [0.3, 0.4) is 0 Å². The van der Waals surface area contributed by atoms with E-state index in [1.54, 1.807) is 0 Å². The maximum atomic E-state index is 12.2. The first kappa shape index (κ1) is 9.04. The molecule has 14 heavy (non-hydrogen) atoms. The quantitative estimate of drug-likeness (QED) is 0.673. The molecule has 0 bridgehead atoms. The summed E-state index contributed by atoms with van der Waals surface area (Å²) in [6, 6.07) is 0. The molecule has 0 radical (unpaired) electrons. The van der Waals surface area contributed by atoms with Gasteiger partial charge < -0.3 is 10.3 Å². The van der Waals surface area contributed by atoms with Gasteiger partial charge in [0.2, 0.25) is 0 Å². The summed E-state index contributed by atoms with van der Waals surface area (Å²) in [5, 5.41) is 0. The lowest BCUT2D eigenvalue weighted by molar-refractivity contribution is -0.141. The number of aromatic nitrogens is 2. The van der Waals surface area contributed by atoms with Crippen molar-refractivity contribution < 1.29 is 13.2 Å². The molecule has 1 aromatic heterocycles. The van der Waals surface area contributed by atoms with Crippen LogP contribution < -0.4 is 5.73 Å². The summed E-state index contributed by atoms with van der Waals surface area (Å²) in [6.07, 6.45) is -3.47. The van der Waals surface area contributed by atoms with Crippen molar-refractivity contribution in [2.24, 2.45) is 10.7 Å². The molecule has 7 heteroatoms. The SMILES string of the molecule is NC1=NCCn2cc(C(F)(F)F)nc21. The molecule has 0 saturated heterocycles. The van der Waals surface area contributed by atoms with Crippen LogP contribution in [0.2, 0.25) is 0 Å². The Labute approximate surface area is 77.3 Å². The van der Waals surface area contributed by atoms with Crippen LogP contribution in [0.25, 0.3) is 0 Å². The van der Waals surface area contributed by atoms with Crippen LogP contribution in [0.5, 0.6) is 0 Å². The second-order valence-corrected chi connectivity index (χ2v) is 2.91. The monoisotopic (exact) mass is 204 g/mol. The smallest absolute Gasteiger partial charge is 0.381 e. The van der Waals surface area contributed by atoms with Gasteiger partial charge in [0, 0.05) is 12.7 Å². The Morgan fingerprint density at radius 3 is 2.71 bits per heavy atom. The van der Waals surface area contributed by atoms with E-state index in [1.807, 2.05) is 0 Å². The third-order valence-electron chi connectivity index (χ3n) is 1.92. The van der Waals surface area contributed by atoms with Gasteiger partial charge in [0.1, 0.15) is 0 Å². The molecule has 0 unspecified atom stereocenters. The third-order valence-corrected chi connectivity index (χ3v) is 1.92. The highest BCUT2D eigenvalue weighted by Gasteiger charge is 2.35. The lowest BCUT2D eigenvalue weighted by Crippen LogP contribution is -2.25. The molecular formula is C7H7F3N4. The first-order valence-corrected chi connectivity index (χ1v) is 3.93. The number of aliphatic imine (C=N–C) groups is 1. The number of imidazole rings is 1. The van der Waals surface area contributed by atoms with E-state index in [1.165, 1.54) is 4.57 Å². The fourth-order valence-corrected chi connectivity index (χ4v) is 1.28. The maximum Gasteiger partial charge on any atom is 0.434 e. The Hall–Kier alpha value is -1.53. The van der Waals surface area contributed by atoms with Gasteiger partial charge in [0.25, 0.3) is 0 Å². The largest absolute Gasteiger partial charge is 0.434 e. The summed E-state index contributed by atoms with van der Waals surface area (Å²) in [5.74, 6) is 0.162. The minimum atomic E-state index is -4.43. The number of hydrogen-bond acceptors (Lipinski definition) is 3. The van der Waals surface area contributed by atoms with Crippen molar-refractivity contribution in [2.45, 2.75) is 12.7 Å². The van der Waals surface area contributed by atoms with Gasteiger partial charge in [0.05, 0.1) is 6.54 Å². The molecule has 2 heterocycles. The Morgan fingerprint density at radius 2 is 2.14 bits per heavy atom. The van der Waals surface area contributed by atoms with Crippen LogP contribution in [0.4, 0.5) is 13.2 Å². The minimum absolute atomic E-state index is 0.0618. The average molecular weight is 204 g/mol. The summed E-state index contributed by atoms with van der Waals surface area (Å²) < 4.78 is 38.1. The van der Waals surface area contributed by atoms with Crippen molar-refractivity contribution in [3.8, 4) is 0 Å². The summed E-state index contributed by atoms with van der Waals surface area (Å²) in [5.41, 5.74) is 4.48. The second-order valence-electron chi connectivity index (χ2n) is 2.91. The highest BCUT2D eigenvalue weighted by Crippen LogP contribution is 2.28. The van der Waals surface area contributed by atoms with E-state index in [0.717, 1.165) is 6.20 Å². The fraction of sp³-hybridized carbons (Fsp3) is 0.429. The summed E-state index contributed by atoms with van der Waals surface area (Å²) >= 11 is 0. The first-order chi connectivity index (χ1) is 6.48. The predicted octanol–water partition coefficient (Wildman–Crippen LogP) is 0.621. The molecule has 0 atom stereocenters. The number of hydrogen-bond donors (Lipinski definition) is 1. The van der Waals surface area contributed by atoms with Crippen molar-refractivity contribution in [1.82, 2.24) is 9.55 Å². The van der Waals surface area contributed by atoms with Gasteiger partial charge in [-0.05, 0) is 0 Å². The molecule has 4 nitrogen and oxygen atoms in total. The number of nitrogens with two attached hydrogens (primary N) is 1. The van der Waals surface area contributed by atoms with Crippen LogP contribution in [0.1, 0.15) is 11.5 Å². The average Bonchev–Trinajstić information content (AvgIpc) is 2.48. The molecule has 2 N–H and O–H groups in total. The molecule has 0 fully saturated rings. The second kappa shape index (κ2) is 2.73. The van der Waals surface area contributed by atoms with E-state index in [0.29, 0.717) is 13.1 Å². The zero-order chi connectivity index (χ0) is 10.3. The Morgan fingerprint density at radius 1 is 1.43 bits per heavy atom. The molecule has 1 aliphatic heterocycles. The van der Waals surface area contributed by atoms with E-state index in [4.69, 9.17) is 5.73 Å². The fourth-order valence-electron chi connectivity index (χ4n) is 1.28. The zero-order valence-corrected chi connectivity index (χ0v) is 7.04. The minimum Gasteiger partial charge on any atom is -0.381 e. The van der Waals surface area contributed by atoms with Gasteiger partial charge in [-0.3, -0.25) is 4.99 Å². The number of halogens is 3. The highest BCUT2D eigenvalue weighted by atomic mass is 19.4. The van der Waals surface area contributed by atoms with Crippen LogP contribution >= 0.6 is 0 Å². The third kappa shape index (κ3) is 1.34. The number of rotatable bonds is 0. The van der Waals surface area contributed by atoms with E-state index < -0.39 is 11.9 Å². The van der Waals surface area contributed by atoms with E-state index in [2.05, 4.69) is 9.98 Å². The topological polar surface area (TPSA) is 56.2 Å². The van der Waals surface area contributed by atoms with Crippen molar-refractivity contribution in [2.75, 3.05) is 6.54 Å². The van der Waals surface area contributed by atoms with Crippen molar-refractivity contribution in [1.29, 1.82) is 0 Å². The molecular weight excluding hydrogens is 197 g/mol. The number of nitrogens with zero attached hydrogens (tertiary/aromatic N) is 3. The molecule has 0 saturated carbocycles. The molecule has 76 valence electrons. The number of amidine groups is 1. The van der Waals surface area contributed by atoms with Gasteiger partial charge >= 0.3 is 6.18 Å². The van der Waals surface area contributed by atoms with Crippen molar-refractivity contribution in [3.63, 3.8) is 0 Å². The van der Waals surface area contributed by atoms with Crippen LogP contribution in [0.15, 0.2) is 11.2 Å². The van der Waals surface area contributed by atoms with Gasteiger partial charge in [-0.2, -0.15) is 13.2 Å². The van der Waals surface area contributed by atoms with Gasteiger partial charge in [0.15, 0.2) is 17.4 Å². The molecule has 0 aromatic carbocycles. The molecule has 1 aromatic rings. The normalized spacial score (nSPS) is 16.4. The molecule has 0 aliphatic carbocycles. The molecule has 2 rings (SSSR count). The van der Waals surface area contributed by atoms with Crippen LogP contribution in [0, 0.1) is 0 Å². The van der Waals surface area contributed by atoms with Crippen LogP contribution in [-0.2, 0) is 12.7 Å². The summed E-state index contributed by atoms with van der Waals surface area (Å²) in [6.45, 7) is 0.783. The Balaban J connectivity index is 2.47. The van der Waals surface area contributed by atoms with Gasteiger partial charge in [-0.25, -0.2) is 4.98 Å². The molecule has 1 aliphatic rings. The standard InChI is InChI=1S/C7H7F3N4/c8-7(9,10)4-3-14-2-1-12-5(11)6(14)13-4/h3H,1-2H2,(H2,11,12). The van der Waals surface area contributed by atoms with Crippen molar-refractivity contribution >= 4 is 5.84 Å². The van der Waals surface area contributed by atoms with E-state index >= 15 is 0 Å². The van der Waals surface area contributed by atoms with E-state index in [9.17, 15) is 13.2 Å². The maximum absolute atomic E-state index is 12.2. The Bertz CT molecular complexity index is 390. The first-order valence-electron chi connectivity index (χ1n) is 3.93. The lowest BCUT2D eigenvalue weighted by atomic mass is 10.4. The number of alkyl halides is 3. The van der Waals surface area contributed by atoms with Crippen molar-refractivity contribution in [3.05, 3.63) is 17.7 Å². The van der Waals surface area contributed by atoms with Crippen LogP contribution in [-0.4, -0.2) is 21.9 Å². The van der Waals surface area contributed by atoms with Gasteiger partial charge in [-0.1, -0.05) is 0 Å².